The Morgan fingerprint density at radius 1 is 1.53 bits per heavy atom. The molecule has 6 heteroatoms. The first-order valence-electron chi connectivity index (χ1n) is 6.44. The van der Waals surface area contributed by atoms with Crippen LogP contribution < -0.4 is 5.73 Å². The molecule has 1 unspecified atom stereocenters. The van der Waals surface area contributed by atoms with E-state index in [-0.39, 0.29) is 0 Å². The van der Waals surface area contributed by atoms with Crippen LogP contribution in [0.2, 0.25) is 0 Å². The molecular formula is C13H17N3O3. The summed E-state index contributed by atoms with van der Waals surface area (Å²) in [6.45, 7) is 2.22. The lowest BCUT2D eigenvalue weighted by molar-refractivity contribution is -0.0222. The maximum Gasteiger partial charge on any atom is 0.293 e. The number of nitrogens with zero attached hydrogens (tertiary/aromatic N) is 2. The molecule has 1 aliphatic carbocycles. The van der Waals surface area contributed by atoms with Gasteiger partial charge < -0.3 is 19.4 Å². The van der Waals surface area contributed by atoms with Crippen LogP contribution in [0.3, 0.4) is 0 Å². The minimum Gasteiger partial charge on any atom is -0.459 e. The molecule has 1 saturated carbocycles. The monoisotopic (exact) mass is 263 g/mol. The van der Waals surface area contributed by atoms with E-state index in [1.165, 1.54) is 6.42 Å². The van der Waals surface area contributed by atoms with E-state index in [9.17, 15) is 0 Å². The Morgan fingerprint density at radius 2 is 2.37 bits per heavy atom. The van der Waals surface area contributed by atoms with Crippen LogP contribution >= 0.6 is 0 Å². The van der Waals surface area contributed by atoms with Crippen molar-refractivity contribution in [3.63, 3.8) is 0 Å². The van der Waals surface area contributed by atoms with E-state index < -0.39 is 5.54 Å². The summed E-state index contributed by atoms with van der Waals surface area (Å²) in [6.07, 6.45) is 5.34. The minimum atomic E-state index is -0.760. The third-order valence-electron chi connectivity index (χ3n) is 3.34. The number of hydrogen-bond donors (Lipinski definition) is 1. The molecule has 2 heterocycles. The van der Waals surface area contributed by atoms with Gasteiger partial charge >= 0.3 is 0 Å². The molecule has 0 bridgehead atoms. The van der Waals surface area contributed by atoms with Crippen molar-refractivity contribution in [2.45, 2.75) is 37.8 Å². The summed E-state index contributed by atoms with van der Waals surface area (Å²) in [7, 11) is 0. The smallest absolute Gasteiger partial charge is 0.293 e. The van der Waals surface area contributed by atoms with E-state index >= 15 is 0 Å². The molecule has 2 aromatic rings. The van der Waals surface area contributed by atoms with E-state index in [1.54, 1.807) is 18.4 Å². The quantitative estimate of drug-likeness (QED) is 0.888. The summed E-state index contributed by atoms with van der Waals surface area (Å²) in [5.74, 6) is 1.30. The second-order valence-corrected chi connectivity index (χ2v) is 5.18. The fourth-order valence-corrected chi connectivity index (χ4v) is 1.85. The third-order valence-corrected chi connectivity index (χ3v) is 3.34. The van der Waals surface area contributed by atoms with Crippen molar-refractivity contribution >= 4 is 0 Å². The van der Waals surface area contributed by atoms with Gasteiger partial charge in [-0.2, -0.15) is 4.98 Å². The summed E-state index contributed by atoms with van der Waals surface area (Å²) in [5, 5.41) is 3.91. The van der Waals surface area contributed by atoms with E-state index in [4.69, 9.17) is 19.4 Å². The molecule has 0 aromatic carbocycles. The van der Waals surface area contributed by atoms with E-state index in [2.05, 4.69) is 10.1 Å². The molecule has 3 rings (SSSR count). The minimum absolute atomic E-state index is 0.333. The molecule has 0 radical (unpaired) electrons. The van der Waals surface area contributed by atoms with Crippen LogP contribution in [0.5, 0.6) is 0 Å². The van der Waals surface area contributed by atoms with Gasteiger partial charge in [0.15, 0.2) is 11.6 Å². The molecule has 0 spiro atoms. The summed E-state index contributed by atoms with van der Waals surface area (Å²) in [4.78, 5) is 4.27. The normalized spacial score (nSPS) is 19.1. The molecule has 2 N–H and O–H groups in total. The van der Waals surface area contributed by atoms with Crippen molar-refractivity contribution in [2.75, 3.05) is 6.61 Å². The van der Waals surface area contributed by atoms with Crippen LogP contribution in [0.25, 0.3) is 11.7 Å². The standard InChI is InChI=1S/C13H17N3O3/c1-13(14,8-18-9-4-2-5-9)12-15-11(19-16-12)10-6-3-7-17-10/h3,6-7,9H,2,4-5,8,14H2,1H3. The number of rotatable bonds is 5. The topological polar surface area (TPSA) is 87.3 Å². The average molecular weight is 263 g/mol. The van der Waals surface area contributed by atoms with Gasteiger partial charge in [-0.3, -0.25) is 0 Å². The Labute approximate surface area is 110 Å². The largest absolute Gasteiger partial charge is 0.459 e. The van der Waals surface area contributed by atoms with E-state index in [0.29, 0.717) is 30.2 Å². The summed E-state index contributed by atoms with van der Waals surface area (Å²) in [6, 6.07) is 3.52. The van der Waals surface area contributed by atoms with Crippen molar-refractivity contribution < 1.29 is 13.7 Å². The summed E-state index contributed by atoms with van der Waals surface area (Å²) in [5.41, 5.74) is 5.43. The molecule has 19 heavy (non-hydrogen) atoms. The highest BCUT2D eigenvalue weighted by atomic mass is 16.5. The highest BCUT2D eigenvalue weighted by Gasteiger charge is 2.31. The highest BCUT2D eigenvalue weighted by Crippen LogP contribution is 2.26. The van der Waals surface area contributed by atoms with Crippen molar-refractivity contribution in [1.29, 1.82) is 0 Å². The first-order valence-corrected chi connectivity index (χ1v) is 6.44. The molecule has 0 aliphatic heterocycles. The fraction of sp³-hybridized carbons (Fsp3) is 0.538. The molecule has 1 fully saturated rings. The zero-order valence-corrected chi connectivity index (χ0v) is 10.8. The number of ether oxygens (including phenoxy) is 1. The van der Waals surface area contributed by atoms with Crippen molar-refractivity contribution in [2.24, 2.45) is 5.73 Å². The molecule has 1 atom stereocenters. The second-order valence-electron chi connectivity index (χ2n) is 5.18. The van der Waals surface area contributed by atoms with Gasteiger partial charge in [-0.25, -0.2) is 0 Å². The van der Waals surface area contributed by atoms with Gasteiger partial charge in [0, 0.05) is 0 Å². The van der Waals surface area contributed by atoms with Gasteiger partial charge in [0.1, 0.15) is 5.54 Å². The zero-order chi connectivity index (χ0) is 13.3. The van der Waals surface area contributed by atoms with Crippen LogP contribution in [0, 0.1) is 0 Å². The SMILES string of the molecule is CC(N)(COC1CCC1)c1noc(-c2ccco2)n1. The lowest BCUT2D eigenvalue weighted by Crippen LogP contribution is -2.41. The lowest BCUT2D eigenvalue weighted by Gasteiger charge is -2.29. The molecule has 6 nitrogen and oxygen atoms in total. The van der Waals surface area contributed by atoms with Gasteiger partial charge in [-0.1, -0.05) is 5.16 Å². The van der Waals surface area contributed by atoms with E-state index in [0.717, 1.165) is 12.8 Å². The lowest BCUT2D eigenvalue weighted by atomic mass is 9.95. The Morgan fingerprint density at radius 3 is 3.00 bits per heavy atom. The predicted octanol–water partition coefficient (Wildman–Crippen LogP) is 2.07. The summed E-state index contributed by atoms with van der Waals surface area (Å²) < 4.78 is 16.1. The molecule has 1 aliphatic rings. The average Bonchev–Trinajstić information content (AvgIpc) is 2.98. The Balaban J connectivity index is 1.69. The van der Waals surface area contributed by atoms with Crippen LogP contribution in [0.1, 0.15) is 32.0 Å². The first kappa shape index (κ1) is 12.4. The maximum absolute atomic E-state index is 6.19. The Bertz CT molecular complexity index is 529. The van der Waals surface area contributed by atoms with Crippen LogP contribution in [-0.2, 0) is 10.3 Å². The number of furan rings is 1. The van der Waals surface area contributed by atoms with Gasteiger partial charge in [0.2, 0.25) is 0 Å². The van der Waals surface area contributed by atoms with Gasteiger partial charge in [-0.15, -0.1) is 0 Å². The molecule has 102 valence electrons. The second kappa shape index (κ2) is 4.79. The van der Waals surface area contributed by atoms with Crippen molar-refractivity contribution in [3.8, 4) is 11.7 Å². The van der Waals surface area contributed by atoms with Gasteiger partial charge in [-0.05, 0) is 38.3 Å². The maximum atomic E-state index is 6.19. The fourth-order valence-electron chi connectivity index (χ4n) is 1.85. The highest BCUT2D eigenvalue weighted by molar-refractivity contribution is 5.43. The van der Waals surface area contributed by atoms with Gasteiger partial charge in [0.25, 0.3) is 5.89 Å². The molecule has 0 amide bonds. The number of nitrogens with two attached hydrogens (primary N) is 1. The molecule has 0 saturated heterocycles. The third kappa shape index (κ3) is 2.54. The Hall–Kier alpha value is -1.66. The number of hydrogen-bond acceptors (Lipinski definition) is 6. The van der Waals surface area contributed by atoms with Gasteiger partial charge in [0.05, 0.1) is 19.0 Å². The molecular weight excluding hydrogens is 246 g/mol. The first-order chi connectivity index (χ1) is 9.15. The van der Waals surface area contributed by atoms with Crippen LogP contribution in [0.4, 0.5) is 0 Å². The predicted molar refractivity (Wildman–Crippen MR) is 67.1 cm³/mol. The van der Waals surface area contributed by atoms with Crippen molar-refractivity contribution in [3.05, 3.63) is 24.2 Å². The van der Waals surface area contributed by atoms with Crippen LogP contribution in [-0.4, -0.2) is 22.9 Å². The zero-order valence-electron chi connectivity index (χ0n) is 10.8. The molecule has 2 aromatic heterocycles. The van der Waals surface area contributed by atoms with Crippen molar-refractivity contribution in [1.82, 2.24) is 10.1 Å². The summed E-state index contributed by atoms with van der Waals surface area (Å²) >= 11 is 0. The number of aromatic nitrogens is 2. The van der Waals surface area contributed by atoms with Crippen LogP contribution in [0.15, 0.2) is 27.3 Å². The Kier molecular flexibility index (Phi) is 3.12. The van der Waals surface area contributed by atoms with E-state index in [1.807, 2.05) is 6.92 Å².